The van der Waals surface area contributed by atoms with Gasteiger partial charge in [0.25, 0.3) is 0 Å². The molecule has 0 aromatic carbocycles. The smallest absolute Gasteiger partial charge is 0.236 e. The van der Waals surface area contributed by atoms with Gasteiger partial charge in [0.15, 0.2) is 0 Å². The fourth-order valence-corrected chi connectivity index (χ4v) is 2.33. The van der Waals surface area contributed by atoms with E-state index in [9.17, 15) is 4.79 Å². The molecule has 1 fully saturated rings. The maximum atomic E-state index is 11.9. The molecule has 1 amide bonds. The van der Waals surface area contributed by atoms with Gasteiger partial charge in [-0.25, -0.2) is 0 Å². The van der Waals surface area contributed by atoms with Gasteiger partial charge in [-0.05, 0) is 25.8 Å². The molecule has 0 aromatic rings. The summed E-state index contributed by atoms with van der Waals surface area (Å²) in [6, 6.07) is 0.469. The lowest BCUT2D eigenvalue weighted by atomic mass is 9.94. The lowest BCUT2D eigenvalue weighted by Gasteiger charge is -2.31. The Labute approximate surface area is 105 Å². The molecule has 17 heavy (non-hydrogen) atoms. The summed E-state index contributed by atoms with van der Waals surface area (Å²) in [4.78, 5) is 13.8. The van der Waals surface area contributed by atoms with Gasteiger partial charge in [0.2, 0.25) is 5.91 Å². The molecule has 1 N–H and O–H groups in total. The van der Waals surface area contributed by atoms with E-state index in [4.69, 9.17) is 4.74 Å². The summed E-state index contributed by atoms with van der Waals surface area (Å²) in [6.07, 6.45) is 7.16. The van der Waals surface area contributed by atoms with E-state index < -0.39 is 0 Å². The van der Waals surface area contributed by atoms with Crippen LogP contribution >= 0.6 is 0 Å². The van der Waals surface area contributed by atoms with Gasteiger partial charge < -0.3 is 15.0 Å². The first-order valence-corrected chi connectivity index (χ1v) is 6.71. The second-order valence-corrected chi connectivity index (χ2v) is 4.82. The fourth-order valence-electron chi connectivity index (χ4n) is 2.33. The molecular formula is C13H26N2O2. The number of carbonyl (C=O) groups excluding carboxylic acids is 1. The van der Waals surface area contributed by atoms with Crippen LogP contribution < -0.4 is 5.32 Å². The predicted octanol–water partition coefficient (Wildman–Crippen LogP) is 1.40. The van der Waals surface area contributed by atoms with Crippen molar-refractivity contribution in [3.8, 4) is 0 Å². The highest BCUT2D eigenvalue weighted by atomic mass is 16.5. The Bertz CT molecular complexity index is 215. The highest BCUT2D eigenvalue weighted by Crippen LogP contribution is 2.21. The molecule has 1 saturated carbocycles. The van der Waals surface area contributed by atoms with Gasteiger partial charge in [-0.3, -0.25) is 4.79 Å². The molecule has 100 valence electrons. The quantitative estimate of drug-likeness (QED) is 0.686. The summed E-state index contributed by atoms with van der Waals surface area (Å²) in [5.41, 5.74) is 0. The highest BCUT2D eigenvalue weighted by Gasteiger charge is 2.21. The van der Waals surface area contributed by atoms with E-state index in [0.717, 1.165) is 19.6 Å². The molecule has 1 rings (SSSR count). The topological polar surface area (TPSA) is 41.6 Å². The Morgan fingerprint density at radius 2 is 2.06 bits per heavy atom. The molecule has 1 aliphatic rings. The number of carbonyl (C=O) groups is 1. The summed E-state index contributed by atoms with van der Waals surface area (Å²) in [6.45, 7) is 2.05. The fraction of sp³-hybridized carbons (Fsp3) is 0.923. The number of methoxy groups -OCH3 is 1. The second-order valence-electron chi connectivity index (χ2n) is 4.82. The molecule has 0 aliphatic heterocycles. The van der Waals surface area contributed by atoms with Crippen molar-refractivity contribution in [3.63, 3.8) is 0 Å². The summed E-state index contributed by atoms with van der Waals surface area (Å²) in [5.74, 6) is 0.217. The number of amides is 1. The molecule has 0 unspecified atom stereocenters. The molecule has 1 aliphatic carbocycles. The third kappa shape index (κ3) is 5.50. The van der Waals surface area contributed by atoms with Crippen LogP contribution in [-0.2, 0) is 9.53 Å². The van der Waals surface area contributed by atoms with Gasteiger partial charge in [0.1, 0.15) is 0 Å². The van der Waals surface area contributed by atoms with Gasteiger partial charge in [0.05, 0.1) is 6.54 Å². The van der Waals surface area contributed by atoms with Crippen molar-refractivity contribution >= 4 is 5.91 Å². The Morgan fingerprint density at radius 1 is 1.35 bits per heavy atom. The SMILES string of the molecule is COCCCNCC(=O)N(C)C1CCCCC1. The zero-order valence-electron chi connectivity index (χ0n) is 11.2. The van der Waals surface area contributed by atoms with Crippen LogP contribution in [0.15, 0.2) is 0 Å². The first-order valence-electron chi connectivity index (χ1n) is 6.71. The number of likely N-dealkylation sites (N-methyl/N-ethyl adjacent to an activating group) is 1. The van der Waals surface area contributed by atoms with E-state index in [1.165, 1.54) is 32.1 Å². The van der Waals surface area contributed by atoms with E-state index in [1.807, 2.05) is 11.9 Å². The summed E-state index contributed by atoms with van der Waals surface area (Å²) in [5, 5.41) is 3.17. The normalized spacial score (nSPS) is 17.1. The minimum absolute atomic E-state index is 0.217. The standard InChI is InChI=1S/C13H26N2O2/c1-15(12-7-4-3-5-8-12)13(16)11-14-9-6-10-17-2/h12,14H,3-11H2,1-2H3. The number of nitrogens with one attached hydrogen (secondary N) is 1. The summed E-state index contributed by atoms with van der Waals surface area (Å²) in [7, 11) is 3.64. The maximum absolute atomic E-state index is 11.9. The van der Waals surface area contributed by atoms with Crippen molar-refractivity contribution in [3.05, 3.63) is 0 Å². The number of ether oxygens (including phenoxy) is 1. The van der Waals surface area contributed by atoms with Crippen LogP contribution in [0.25, 0.3) is 0 Å². The second kappa shape index (κ2) is 8.48. The number of hydrogen-bond acceptors (Lipinski definition) is 3. The molecule has 4 nitrogen and oxygen atoms in total. The molecule has 0 spiro atoms. The first kappa shape index (κ1) is 14.5. The lowest BCUT2D eigenvalue weighted by molar-refractivity contribution is -0.131. The van der Waals surface area contributed by atoms with Crippen molar-refractivity contribution < 1.29 is 9.53 Å². The molecule has 0 atom stereocenters. The molecule has 0 radical (unpaired) electrons. The minimum atomic E-state index is 0.217. The number of rotatable bonds is 7. The van der Waals surface area contributed by atoms with Crippen LogP contribution in [0, 0.1) is 0 Å². The summed E-state index contributed by atoms with van der Waals surface area (Å²) >= 11 is 0. The van der Waals surface area contributed by atoms with Crippen LogP contribution in [0.3, 0.4) is 0 Å². The van der Waals surface area contributed by atoms with Gasteiger partial charge >= 0.3 is 0 Å². The minimum Gasteiger partial charge on any atom is -0.385 e. The van der Waals surface area contributed by atoms with Crippen molar-refractivity contribution in [1.82, 2.24) is 10.2 Å². The zero-order chi connectivity index (χ0) is 12.5. The average Bonchev–Trinajstić information content (AvgIpc) is 2.38. The third-order valence-electron chi connectivity index (χ3n) is 3.49. The molecule has 0 aromatic heterocycles. The number of hydrogen-bond donors (Lipinski definition) is 1. The highest BCUT2D eigenvalue weighted by molar-refractivity contribution is 5.78. The maximum Gasteiger partial charge on any atom is 0.236 e. The first-order chi connectivity index (χ1) is 8.25. The van der Waals surface area contributed by atoms with Crippen LogP contribution in [-0.4, -0.2) is 50.7 Å². The van der Waals surface area contributed by atoms with E-state index in [2.05, 4.69) is 5.32 Å². The lowest BCUT2D eigenvalue weighted by Crippen LogP contribution is -2.43. The Balaban J connectivity index is 2.13. The molecule has 0 saturated heterocycles. The zero-order valence-corrected chi connectivity index (χ0v) is 11.2. The number of nitrogens with zero attached hydrogens (tertiary/aromatic N) is 1. The third-order valence-corrected chi connectivity index (χ3v) is 3.49. The van der Waals surface area contributed by atoms with E-state index >= 15 is 0 Å². The van der Waals surface area contributed by atoms with E-state index in [-0.39, 0.29) is 5.91 Å². The van der Waals surface area contributed by atoms with E-state index in [1.54, 1.807) is 7.11 Å². The van der Waals surface area contributed by atoms with Crippen LogP contribution in [0.5, 0.6) is 0 Å². The van der Waals surface area contributed by atoms with Crippen molar-refractivity contribution in [1.29, 1.82) is 0 Å². The van der Waals surface area contributed by atoms with Gasteiger partial charge in [-0.2, -0.15) is 0 Å². The average molecular weight is 242 g/mol. The van der Waals surface area contributed by atoms with Gasteiger partial charge in [-0.15, -0.1) is 0 Å². The summed E-state index contributed by atoms with van der Waals surface area (Å²) < 4.78 is 4.96. The molecule has 4 heteroatoms. The Hall–Kier alpha value is -0.610. The largest absolute Gasteiger partial charge is 0.385 e. The van der Waals surface area contributed by atoms with Crippen LogP contribution in [0.4, 0.5) is 0 Å². The van der Waals surface area contributed by atoms with Crippen molar-refractivity contribution in [2.45, 2.75) is 44.6 Å². The molecular weight excluding hydrogens is 216 g/mol. The van der Waals surface area contributed by atoms with Crippen molar-refractivity contribution in [2.24, 2.45) is 0 Å². The van der Waals surface area contributed by atoms with Crippen molar-refractivity contribution in [2.75, 3.05) is 33.9 Å². The Morgan fingerprint density at radius 3 is 2.71 bits per heavy atom. The van der Waals surface area contributed by atoms with E-state index in [0.29, 0.717) is 12.6 Å². The van der Waals surface area contributed by atoms with Gasteiger partial charge in [-0.1, -0.05) is 19.3 Å². The van der Waals surface area contributed by atoms with Gasteiger partial charge in [0, 0.05) is 26.8 Å². The molecule has 0 bridgehead atoms. The predicted molar refractivity (Wildman–Crippen MR) is 69.0 cm³/mol. The monoisotopic (exact) mass is 242 g/mol. The molecule has 0 heterocycles. The van der Waals surface area contributed by atoms with Crippen LogP contribution in [0.1, 0.15) is 38.5 Å². The van der Waals surface area contributed by atoms with Crippen LogP contribution in [0.2, 0.25) is 0 Å². The Kier molecular flexibility index (Phi) is 7.21.